The number of ketones is 2. The molecule has 4 N–H and O–H groups in total. The van der Waals surface area contributed by atoms with Crippen LogP contribution in [0.5, 0.6) is 11.5 Å². The number of benzene rings is 10. The number of amides is 2. The summed E-state index contributed by atoms with van der Waals surface area (Å²) in [5, 5.41) is 52.7. The Labute approximate surface area is 386 Å². The summed E-state index contributed by atoms with van der Waals surface area (Å²) in [6.45, 7) is 0. The van der Waals surface area contributed by atoms with E-state index in [2.05, 4.69) is 31.1 Å². The van der Waals surface area contributed by atoms with Gasteiger partial charge in [0.1, 0.15) is 11.4 Å². The lowest BCUT2D eigenvalue weighted by atomic mass is 9.82. The van der Waals surface area contributed by atoms with Gasteiger partial charge in [-0.25, -0.2) is 0 Å². The highest BCUT2D eigenvalue weighted by atomic mass is 16.3. The Kier molecular flexibility index (Phi) is 10.1. The Morgan fingerprint density at radius 2 is 0.735 bits per heavy atom. The lowest BCUT2D eigenvalue weighted by Crippen LogP contribution is -2.21. The SMILES string of the molecule is O=C(Nc1cccc2ccccc12)c1cc2ccccc2c(N=Nc2cccc3c2C(=O)c2cccc(N=Nc4c(O)c(C(=O)Nc5cccc6ccccc56)cc5ccccc45)c2C3=O)c1O. The van der Waals surface area contributed by atoms with Gasteiger partial charge >= 0.3 is 0 Å². The molecular weight excluding hydrogens is 853 g/mol. The summed E-state index contributed by atoms with van der Waals surface area (Å²) < 4.78 is 0. The standard InChI is InChI=1S/C56H34N6O6/c63-51-40-24-12-28-46(60-62-50-38-22-8-4-16-34(38)30-42(54(50)66)56(68)58-44-26-10-18-32-14-2-6-20-36(32)44)48(40)52(64)39-23-11-27-45(47(39)51)59-61-49-37-21-7-3-15-33(37)29-41(53(49)65)55(67)57-43-25-9-17-31-13-1-5-19-35(31)43/h1-30,65-66H,(H,57,67)(H,58,68). The van der Waals surface area contributed by atoms with Crippen molar-refractivity contribution in [1.29, 1.82) is 0 Å². The molecule has 0 radical (unpaired) electrons. The van der Waals surface area contributed by atoms with Crippen molar-refractivity contribution < 1.29 is 29.4 Å². The number of fused-ring (bicyclic) bond motifs is 6. The maximum absolute atomic E-state index is 14.5. The maximum atomic E-state index is 14.5. The van der Waals surface area contributed by atoms with Crippen molar-refractivity contribution in [2.45, 2.75) is 0 Å². The highest BCUT2D eigenvalue weighted by molar-refractivity contribution is 6.31. The van der Waals surface area contributed by atoms with Crippen LogP contribution in [-0.2, 0) is 0 Å². The second-order valence-electron chi connectivity index (χ2n) is 16.1. The van der Waals surface area contributed by atoms with Crippen molar-refractivity contribution in [3.63, 3.8) is 0 Å². The van der Waals surface area contributed by atoms with Gasteiger partial charge < -0.3 is 20.8 Å². The molecule has 68 heavy (non-hydrogen) atoms. The van der Waals surface area contributed by atoms with Gasteiger partial charge in [0, 0.05) is 44.0 Å². The van der Waals surface area contributed by atoms with Crippen molar-refractivity contribution in [1.82, 2.24) is 0 Å². The Hall–Kier alpha value is -9.68. The predicted molar refractivity (Wildman–Crippen MR) is 263 cm³/mol. The van der Waals surface area contributed by atoms with Crippen LogP contribution in [0.1, 0.15) is 52.6 Å². The molecule has 0 saturated heterocycles. The molecule has 0 atom stereocenters. The van der Waals surface area contributed by atoms with Crippen LogP contribution in [0, 0.1) is 0 Å². The number of anilines is 2. The minimum absolute atomic E-state index is 0.00709. The van der Waals surface area contributed by atoms with Crippen LogP contribution in [0.3, 0.4) is 0 Å². The van der Waals surface area contributed by atoms with E-state index in [9.17, 15) is 29.4 Å². The fraction of sp³-hybridized carbons (Fsp3) is 0. The quantitative estimate of drug-likeness (QED) is 0.110. The third-order valence-electron chi connectivity index (χ3n) is 12.1. The number of hydrogen-bond donors (Lipinski definition) is 4. The molecule has 10 aromatic carbocycles. The molecule has 0 heterocycles. The lowest BCUT2D eigenvalue weighted by Gasteiger charge is -2.19. The molecule has 2 amide bonds. The largest absolute Gasteiger partial charge is 0.505 e. The van der Waals surface area contributed by atoms with Crippen LogP contribution in [0.25, 0.3) is 43.1 Å². The van der Waals surface area contributed by atoms with Crippen LogP contribution >= 0.6 is 0 Å². The van der Waals surface area contributed by atoms with Gasteiger partial charge in [0.05, 0.1) is 33.6 Å². The van der Waals surface area contributed by atoms with Crippen molar-refractivity contribution in [3.8, 4) is 11.5 Å². The van der Waals surface area contributed by atoms with E-state index in [1.54, 1.807) is 84.9 Å². The summed E-state index contributed by atoms with van der Waals surface area (Å²) in [7, 11) is 0. The monoisotopic (exact) mass is 886 g/mol. The topological polar surface area (TPSA) is 182 Å². The molecule has 12 heteroatoms. The fourth-order valence-corrected chi connectivity index (χ4v) is 8.81. The lowest BCUT2D eigenvalue weighted by molar-refractivity contribution is 0.0980. The summed E-state index contributed by atoms with van der Waals surface area (Å²) in [5.41, 5.74) is 1.20. The normalized spacial score (nSPS) is 12.3. The van der Waals surface area contributed by atoms with Gasteiger partial charge in [-0.15, -0.1) is 20.5 Å². The number of carbonyl (C=O) groups excluding carboxylic acids is 4. The van der Waals surface area contributed by atoms with Crippen LogP contribution in [-0.4, -0.2) is 33.6 Å². The van der Waals surface area contributed by atoms with Crippen molar-refractivity contribution in [2.24, 2.45) is 20.5 Å². The molecule has 0 spiro atoms. The summed E-state index contributed by atoms with van der Waals surface area (Å²) in [6, 6.07) is 52.9. The van der Waals surface area contributed by atoms with Gasteiger partial charge in [-0.3, -0.25) is 19.2 Å². The third-order valence-corrected chi connectivity index (χ3v) is 12.1. The zero-order valence-corrected chi connectivity index (χ0v) is 35.6. The molecule has 0 aliphatic heterocycles. The number of aromatic hydroxyl groups is 2. The van der Waals surface area contributed by atoms with Crippen LogP contribution in [0.4, 0.5) is 34.1 Å². The number of azo groups is 2. The van der Waals surface area contributed by atoms with Gasteiger partial charge in [0.15, 0.2) is 23.1 Å². The van der Waals surface area contributed by atoms with Crippen LogP contribution < -0.4 is 10.6 Å². The average molecular weight is 887 g/mol. The van der Waals surface area contributed by atoms with E-state index >= 15 is 0 Å². The maximum Gasteiger partial charge on any atom is 0.259 e. The summed E-state index contributed by atoms with van der Waals surface area (Å²) in [4.78, 5) is 56.6. The third kappa shape index (κ3) is 7.05. The average Bonchev–Trinajstić information content (AvgIpc) is 3.37. The fourth-order valence-electron chi connectivity index (χ4n) is 8.81. The van der Waals surface area contributed by atoms with Gasteiger partial charge in [0.25, 0.3) is 11.8 Å². The highest BCUT2D eigenvalue weighted by Crippen LogP contribution is 2.44. The number of phenols is 2. The van der Waals surface area contributed by atoms with E-state index in [0.29, 0.717) is 32.9 Å². The molecule has 1 aliphatic carbocycles. The molecule has 0 saturated carbocycles. The molecule has 324 valence electrons. The van der Waals surface area contributed by atoms with E-state index in [1.807, 2.05) is 72.8 Å². The summed E-state index contributed by atoms with van der Waals surface area (Å²) in [6.07, 6.45) is 0. The zero-order chi connectivity index (χ0) is 46.5. The zero-order valence-electron chi connectivity index (χ0n) is 35.6. The number of carbonyl (C=O) groups is 4. The molecular formula is C56H34N6O6. The van der Waals surface area contributed by atoms with Gasteiger partial charge in [-0.1, -0.05) is 146 Å². The van der Waals surface area contributed by atoms with E-state index < -0.39 is 34.9 Å². The first-order valence-electron chi connectivity index (χ1n) is 21.5. The van der Waals surface area contributed by atoms with E-state index in [-0.39, 0.29) is 56.1 Å². The van der Waals surface area contributed by atoms with E-state index in [0.717, 1.165) is 21.5 Å². The Morgan fingerprint density at radius 3 is 1.16 bits per heavy atom. The molecule has 0 fully saturated rings. The first-order chi connectivity index (χ1) is 33.2. The van der Waals surface area contributed by atoms with Crippen molar-refractivity contribution in [3.05, 3.63) is 215 Å². The Balaban J connectivity index is 0.929. The smallest absolute Gasteiger partial charge is 0.259 e. The molecule has 1 aliphatic rings. The second-order valence-corrected chi connectivity index (χ2v) is 16.1. The minimum Gasteiger partial charge on any atom is -0.505 e. The number of phenolic OH excluding ortho intramolecular Hbond substituents is 2. The van der Waals surface area contributed by atoms with Gasteiger partial charge in [0.2, 0.25) is 0 Å². The summed E-state index contributed by atoms with van der Waals surface area (Å²) >= 11 is 0. The molecule has 0 bridgehead atoms. The molecule has 11 rings (SSSR count). The van der Waals surface area contributed by atoms with Crippen LogP contribution in [0.15, 0.2) is 202 Å². The number of hydrogen-bond acceptors (Lipinski definition) is 10. The Morgan fingerprint density at radius 1 is 0.382 bits per heavy atom. The molecule has 0 aromatic heterocycles. The molecule has 0 unspecified atom stereocenters. The van der Waals surface area contributed by atoms with Gasteiger partial charge in [-0.05, 0) is 57.9 Å². The molecule has 12 nitrogen and oxygen atoms in total. The highest BCUT2D eigenvalue weighted by Gasteiger charge is 2.34. The van der Waals surface area contributed by atoms with E-state index in [4.69, 9.17) is 0 Å². The first-order valence-corrected chi connectivity index (χ1v) is 21.5. The van der Waals surface area contributed by atoms with E-state index in [1.165, 1.54) is 24.3 Å². The number of nitrogens with one attached hydrogen (secondary N) is 2. The Bertz CT molecular complexity index is 3620. The van der Waals surface area contributed by atoms with Crippen LogP contribution in [0.2, 0.25) is 0 Å². The number of nitrogens with zero attached hydrogens (tertiary/aromatic N) is 4. The summed E-state index contributed by atoms with van der Waals surface area (Å²) in [5.74, 6) is -3.04. The molecule has 10 aromatic rings. The van der Waals surface area contributed by atoms with Crippen molar-refractivity contribution >= 4 is 101 Å². The van der Waals surface area contributed by atoms with Gasteiger partial charge in [-0.2, -0.15) is 0 Å². The predicted octanol–water partition coefficient (Wildman–Crippen LogP) is 13.8. The van der Waals surface area contributed by atoms with Crippen molar-refractivity contribution in [2.75, 3.05) is 10.6 Å². The first kappa shape index (κ1) is 41.1. The minimum atomic E-state index is -0.568. The second kappa shape index (κ2) is 16.7. The number of rotatable bonds is 8.